The molecule has 0 saturated heterocycles. The van der Waals surface area contributed by atoms with Gasteiger partial charge in [-0.1, -0.05) is 18.2 Å². The minimum Gasteiger partial charge on any atom is -0.481 e. The summed E-state index contributed by atoms with van der Waals surface area (Å²) in [5.41, 5.74) is 23.5. The molecule has 4 atom stereocenters. The van der Waals surface area contributed by atoms with Gasteiger partial charge in [0.05, 0.1) is 12.5 Å². The summed E-state index contributed by atoms with van der Waals surface area (Å²) in [6.07, 6.45) is 0.357. The zero-order chi connectivity index (χ0) is 32.1. The Bertz CT molecular complexity index is 1360. The molecule has 0 fully saturated rings. The van der Waals surface area contributed by atoms with Crippen molar-refractivity contribution >= 4 is 52.4 Å². The lowest BCUT2D eigenvalue weighted by atomic mass is 10.0. The Morgan fingerprint density at radius 2 is 1.47 bits per heavy atom. The van der Waals surface area contributed by atoms with Gasteiger partial charge in [0.1, 0.15) is 18.1 Å². The highest BCUT2D eigenvalue weighted by atomic mass is 16.4. The number of H-pyrrole nitrogens is 1. The number of aromatic amines is 1. The fourth-order valence-electron chi connectivity index (χ4n) is 4.16. The lowest BCUT2D eigenvalue weighted by molar-refractivity contribution is -0.144. The van der Waals surface area contributed by atoms with Crippen molar-refractivity contribution in [2.75, 3.05) is 6.54 Å². The fraction of sp³-hybridized carbons (Fsp3) is 0.423. The first-order valence-electron chi connectivity index (χ1n) is 13.3. The van der Waals surface area contributed by atoms with Gasteiger partial charge >= 0.3 is 11.9 Å². The number of benzene rings is 1. The minimum absolute atomic E-state index is 0.000848. The van der Waals surface area contributed by atoms with Crippen molar-refractivity contribution in [1.82, 2.24) is 20.9 Å². The molecule has 0 aliphatic heterocycles. The van der Waals surface area contributed by atoms with E-state index < -0.39 is 79.0 Å². The van der Waals surface area contributed by atoms with Gasteiger partial charge in [-0.05, 0) is 37.3 Å². The standard InChI is InChI=1S/C26H37N9O8/c27-15(10-13-12-32-16-5-2-1-4-14(13)16)22(39)33-17(6-3-9-31-26(29)30)23(40)34-18(7-8-21(37)38)24(41)35-19(25(42)43)11-20(28)36/h1-2,4-5,12,15,17-19,32H,3,6-11,27H2,(H2,28,36)(H,33,39)(H,34,40)(H,35,41)(H,37,38)(H,42,43)(H4,29,30,31). The highest BCUT2D eigenvalue weighted by molar-refractivity contribution is 5.95. The summed E-state index contributed by atoms with van der Waals surface area (Å²) in [7, 11) is 0. The summed E-state index contributed by atoms with van der Waals surface area (Å²) in [4.78, 5) is 80.0. The molecule has 1 aromatic carbocycles. The molecule has 234 valence electrons. The molecule has 43 heavy (non-hydrogen) atoms. The van der Waals surface area contributed by atoms with E-state index >= 15 is 0 Å². The smallest absolute Gasteiger partial charge is 0.326 e. The molecule has 1 aromatic heterocycles. The number of hydrogen-bond acceptors (Lipinski definition) is 8. The molecule has 17 nitrogen and oxygen atoms in total. The molecule has 17 heteroatoms. The first-order chi connectivity index (χ1) is 20.3. The van der Waals surface area contributed by atoms with Crippen molar-refractivity contribution in [3.63, 3.8) is 0 Å². The molecule has 0 aliphatic rings. The Kier molecular flexibility index (Phi) is 12.9. The number of hydrogen-bond donors (Lipinski definition) is 10. The van der Waals surface area contributed by atoms with Gasteiger partial charge < -0.3 is 54.1 Å². The van der Waals surface area contributed by atoms with E-state index in [1.807, 2.05) is 24.3 Å². The van der Waals surface area contributed by atoms with Gasteiger partial charge in [0.15, 0.2) is 5.96 Å². The van der Waals surface area contributed by atoms with E-state index in [-0.39, 0.29) is 31.8 Å². The van der Waals surface area contributed by atoms with Crippen LogP contribution in [-0.4, -0.2) is 87.4 Å². The Morgan fingerprint density at radius 1 is 0.860 bits per heavy atom. The summed E-state index contributed by atoms with van der Waals surface area (Å²) in [6.45, 7) is 0.111. The molecule has 0 aliphatic carbocycles. The number of rotatable bonds is 18. The average molecular weight is 604 g/mol. The van der Waals surface area contributed by atoms with Crippen LogP contribution in [0.5, 0.6) is 0 Å². The molecule has 2 aromatic rings. The van der Waals surface area contributed by atoms with Gasteiger partial charge in [-0.25, -0.2) is 4.79 Å². The number of nitrogens with one attached hydrogen (secondary N) is 4. The second-order valence-electron chi connectivity index (χ2n) is 9.74. The number of primary amides is 1. The molecule has 0 radical (unpaired) electrons. The van der Waals surface area contributed by atoms with E-state index in [1.54, 1.807) is 6.20 Å². The largest absolute Gasteiger partial charge is 0.481 e. The normalized spacial score (nSPS) is 13.6. The van der Waals surface area contributed by atoms with Crippen molar-refractivity contribution < 1.29 is 39.0 Å². The van der Waals surface area contributed by atoms with Crippen LogP contribution in [0.25, 0.3) is 10.9 Å². The van der Waals surface area contributed by atoms with Crippen LogP contribution in [0, 0.1) is 0 Å². The number of para-hydroxylation sites is 1. The highest BCUT2D eigenvalue weighted by Gasteiger charge is 2.31. The summed E-state index contributed by atoms with van der Waals surface area (Å²) in [5, 5.41) is 26.3. The molecule has 2 rings (SSSR count). The number of carbonyl (C=O) groups excluding carboxylic acids is 4. The molecule has 1 heterocycles. The predicted molar refractivity (Wildman–Crippen MR) is 154 cm³/mol. The van der Waals surface area contributed by atoms with Crippen LogP contribution in [-0.2, 0) is 35.2 Å². The third-order valence-electron chi connectivity index (χ3n) is 6.33. The quantitative estimate of drug-likeness (QED) is 0.0477. The minimum atomic E-state index is -1.72. The molecular weight excluding hydrogens is 566 g/mol. The fourth-order valence-corrected chi connectivity index (χ4v) is 4.16. The average Bonchev–Trinajstić information content (AvgIpc) is 3.33. The van der Waals surface area contributed by atoms with Crippen LogP contribution >= 0.6 is 0 Å². The Balaban J connectivity index is 2.20. The maximum atomic E-state index is 13.3. The maximum Gasteiger partial charge on any atom is 0.326 e. The van der Waals surface area contributed by atoms with Crippen molar-refractivity contribution in [3.05, 3.63) is 36.0 Å². The number of carboxylic acid groups (broad SMARTS) is 2. The van der Waals surface area contributed by atoms with Gasteiger partial charge in [-0.15, -0.1) is 0 Å². The van der Waals surface area contributed by atoms with Gasteiger partial charge in [-0.3, -0.25) is 29.0 Å². The third kappa shape index (κ3) is 11.3. The topological polar surface area (TPSA) is 311 Å². The number of guanidine groups is 1. The van der Waals surface area contributed by atoms with Crippen molar-refractivity contribution in [1.29, 1.82) is 0 Å². The number of nitrogens with two attached hydrogens (primary N) is 4. The summed E-state index contributed by atoms with van der Waals surface area (Å²) in [6, 6.07) is 1.86. The number of nitrogens with zero attached hydrogens (tertiary/aromatic N) is 1. The van der Waals surface area contributed by atoms with Crippen LogP contribution in [0.4, 0.5) is 0 Å². The van der Waals surface area contributed by atoms with Crippen molar-refractivity contribution in [2.45, 2.75) is 62.7 Å². The highest BCUT2D eigenvalue weighted by Crippen LogP contribution is 2.19. The lowest BCUT2D eigenvalue weighted by Gasteiger charge is -2.25. The Labute approximate surface area is 245 Å². The molecule has 4 amide bonds. The molecule has 14 N–H and O–H groups in total. The summed E-state index contributed by atoms with van der Waals surface area (Å²) >= 11 is 0. The number of aromatic nitrogens is 1. The maximum absolute atomic E-state index is 13.3. The van der Waals surface area contributed by atoms with E-state index in [9.17, 15) is 33.9 Å². The number of fused-ring (bicyclic) bond motifs is 1. The Hall–Kier alpha value is -5.19. The first kappa shape index (κ1) is 34.0. The number of aliphatic imine (C=N–C) groups is 1. The lowest BCUT2D eigenvalue weighted by Crippen LogP contribution is -2.57. The number of aliphatic carboxylic acids is 2. The zero-order valence-electron chi connectivity index (χ0n) is 23.2. The van der Waals surface area contributed by atoms with Gasteiger partial charge in [0.2, 0.25) is 23.6 Å². The van der Waals surface area contributed by atoms with Crippen LogP contribution < -0.4 is 38.9 Å². The van der Waals surface area contributed by atoms with Crippen LogP contribution in [0.2, 0.25) is 0 Å². The van der Waals surface area contributed by atoms with Crippen molar-refractivity contribution in [2.24, 2.45) is 27.9 Å². The van der Waals surface area contributed by atoms with E-state index in [1.165, 1.54) is 0 Å². The second-order valence-corrected chi connectivity index (χ2v) is 9.74. The summed E-state index contributed by atoms with van der Waals surface area (Å²) in [5.74, 6) is -6.65. The molecule has 0 bridgehead atoms. The van der Waals surface area contributed by atoms with E-state index in [4.69, 9.17) is 28.0 Å². The van der Waals surface area contributed by atoms with Crippen LogP contribution in [0.1, 0.15) is 37.7 Å². The number of carboxylic acids is 2. The van der Waals surface area contributed by atoms with E-state index in [0.29, 0.717) is 0 Å². The van der Waals surface area contributed by atoms with Gasteiger partial charge in [-0.2, -0.15) is 0 Å². The zero-order valence-corrected chi connectivity index (χ0v) is 23.2. The number of amides is 4. The number of carbonyl (C=O) groups is 6. The van der Waals surface area contributed by atoms with Gasteiger partial charge in [0.25, 0.3) is 0 Å². The predicted octanol–water partition coefficient (Wildman–Crippen LogP) is -2.63. The molecule has 0 saturated carbocycles. The van der Waals surface area contributed by atoms with Crippen molar-refractivity contribution in [3.8, 4) is 0 Å². The van der Waals surface area contributed by atoms with Crippen LogP contribution in [0.15, 0.2) is 35.5 Å². The van der Waals surface area contributed by atoms with Gasteiger partial charge in [0, 0.05) is 30.1 Å². The summed E-state index contributed by atoms with van der Waals surface area (Å²) < 4.78 is 0. The van der Waals surface area contributed by atoms with E-state index in [0.717, 1.165) is 16.5 Å². The second kappa shape index (κ2) is 16.3. The molecular formula is C26H37N9O8. The van der Waals surface area contributed by atoms with E-state index in [2.05, 4.69) is 25.9 Å². The Morgan fingerprint density at radius 3 is 2.07 bits per heavy atom. The van der Waals surface area contributed by atoms with Crippen LogP contribution in [0.3, 0.4) is 0 Å². The molecule has 0 spiro atoms. The third-order valence-corrected chi connectivity index (χ3v) is 6.33. The SMILES string of the molecule is NC(=O)CC(NC(=O)C(CCC(=O)O)NC(=O)C(CCCN=C(N)N)NC(=O)C(N)Cc1c[nH]c2ccccc12)C(=O)O. The molecule has 4 unspecified atom stereocenters. The first-order valence-corrected chi connectivity index (χ1v) is 13.3. The monoisotopic (exact) mass is 603 g/mol.